The first-order valence-electron chi connectivity index (χ1n) is 10.7. The van der Waals surface area contributed by atoms with Gasteiger partial charge in [-0.05, 0) is 44.7 Å². The summed E-state index contributed by atoms with van der Waals surface area (Å²) in [4.78, 5) is 20.0. The average Bonchev–Trinajstić information content (AvgIpc) is 2.81. The largest absolute Gasteiger partial charge is 0.479 e. The molecule has 1 aliphatic rings. The SMILES string of the molecule is COc1nc(N2CCCCC2)ncc1Nc1ncc(Cl)c(Nc2ccccc2P(C)(C)=O)n1. The Bertz CT molecular complexity index is 1180. The maximum Gasteiger partial charge on any atom is 0.242 e. The van der Waals surface area contributed by atoms with Crippen LogP contribution < -0.4 is 25.6 Å². The van der Waals surface area contributed by atoms with E-state index in [-0.39, 0.29) is 0 Å². The van der Waals surface area contributed by atoms with Gasteiger partial charge in [-0.3, -0.25) is 0 Å². The number of anilines is 5. The van der Waals surface area contributed by atoms with E-state index >= 15 is 0 Å². The van der Waals surface area contributed by atoms with E-state index in [1.807, 2.05) is 24.3 Å². The van der Waals surface area contributed by atoms with Gasteiger partial charge in [0.05, 0.1) is 25.2 Å². The van der Waals surface area contributed by atoms with Crippen LogP contribution in [0.2, 0.25) is 5.02 Å². The number of aromatic nitrogens is 4. The van der Waals surface area contributed by atoms with Crippen LogP contribution in [0, 0.1) is 0 Å². The Balaban J connectivity index is 1.58. The number of piperidine rings is 1. The maximum atomic E-state index is 12.7. The van der Waals surface area contributed by atoms with Gasteiger partial charge in [-0.15, -0.1) is 0 Å². The second kappa shape index (κ2) is 9.93. The molecule has 1 saturated heterocycles. The smallest absolute Gasteiger partial charge is 0.242 e. The van der Waals surface area contributed by atoms with Crippen LogP contribution >= 0.6 is 18.7 Å². The summed E-state index contributed by atoms with van der Waals surface area (Å²) in [5.41, 5.74) is 1.22. The van der Waals surface area contributed by atoms with Gasteiger partial charge in [0.1, 0.15) is 17.9 Å². The summed E-state index contributed by atoms with van der Waals surface area (Å²) in [5, 5.41) is 7.35. The molecule has 0 unspecified atom stereocenters. The average molecular weight is 488 g/mol. The molecule has 11 heteroatoms. The number of methoxy groups -OCH3 is 1. The molecular weight excluding hydrogens is 461 g/mol. The molecule has 9 nitrogen and oxygen atoms in total. The Kier molecular flexibility index (Phi) is 7.00. The van der Waals surface area contributed by atoms with Gasteiger partial charge in [-0.25, -0.2) is 9.97 Å². The summed E-state index contributed by atoms with van der Waals surface area (Å²) in [5.74, 6) is 1.74. The third-order valence-corrected chi connectivity index (χ3v) is 7.13. The van der Waals surface area contributed by atoms with Crippen molar-refractivity contribution in [2.24, 2.45) is 0 Å². The van der Waals surface area contributed by atoms with Crippen LogP contribution in [0.5, 0.6) is 5.88 Å². The zero-order valence-electron chi connectivity index (χ0n) is 18.9. The highest BCUT2D eigenvalue weighted by Gasteiger charge is 2.19. The second-order valence-electron chi connectivity index (χ2n) is 8.15. The van der Waals surface area contributed by atoms with Gasteiger partial charge in [0.15, 0.2) is 5.82 Å². The first-order chi connectivity index (χ1) is 15.8. The molecule has 0 bridgehead atoms. The summed E-state index contributed by atoms with van der Waals surface area (Å²) in [7, 11) is -0.940. The van der Waals surface area contributed by atoms with E-state index in [1.54, 1.807) is 26.6 Å². The zero-order valence-corrected chi connectivity index (χ0v) is 20.5. The molecule has 4 rings (SSSR count). The molecule has 0 aliphatic carbocycles. The molecule has 1 aromatic carbocycles. The van der Waals surface area contributed by atoms with E-state index in [2.05, 4.69) is 35.5 Å². The van der Waals surface area contributed by atoms with Crippen molar-refractivity contribution in [1.29, 1.82) is 0 Å². The fraction of sp³-hybridized carbons (Fsp3) is 0.364. The molecule has 2 N–H and O–H groups in total. The summed E-state index contributed by atoms with van der Waals surface area (Å²) in [6, 6.07) is 7.40. The van der Waals surface area contributed by atoms with Gasteiger partial charge in [-0.1, -0.05) is 23.7 Å². The fourth-order valence-electron chi connectivity index (χ4n) is 3.66. The minimum atomic E-state index is -2.50. The van der Waals surface area contributed by atoms with E-state index in [0.29, 0.717) is 40.0 Å². The molecule has 0 spiro atoms. The normalized spacial score (nSPS) is 14.1. The van der Waals surface area contributed by atoms with E-state index in [4.69, 9.17) is 16.3 Å². The van der Waals surface area contributed by atoms with Gasteiger partial charge >= 0.3 is 0 Å². The van der Waals surface area contributed by atoms with Crippen molar-refractivity contribution in [3.8, 4) is 5.88 Å². The quantitative estimate of drug-likeness (QED) is 0.460. The van der Waals surface area contributed by atoms with Crippen LogP contribution in [0.4, 0.5) is 29.1 Å². The number of nitrogens with one attached hydrogen (secondary N) is 2. The van der Waals surface area contributed by atoms with Crippen LogP contribution in [-0.2, 0) is 4.57 Å². The van der Waals surface area contributed by atoms with Crippen molar-refractivity contribution >= 4 is 53.1 Å². The topological polar surface area (TPSA) is 105 Å². The summed E-state index contributed by atoms with van der Waals surface area (Å²) in [6.07, 6.45) is 6.66. The molecule has 174 valence electrons. The standard InChI is InChI=1S/C22H27ClN7O2P/c1-32-20-17(14-25-22(29-20)30-11-7-4-8-12-30)27-21-24-13-15(23)19(28-21)26-16-9-5-6-10-18(16)33(2,3)31/h5-6,9-10,13-14H,4,7-8,11-12H2,1-3H3,(H2,24,26,27,28). The van der Waals surface area contributed by atoms with E-state index in [1.165, 1.54) is 12.6 Å². The number of benzene rings is 1. The monoisotopic (exact) mass is 487 g/mol. The van der Waals surface area contributed by atoms with Crippen molar-refractivity contribution in [2.75, 3.05) is 49.1 Å². The molecule has 2 aromatic heterocycles. The minimum Gasteiger partial charge on any atom is -0.479 e. The minimum absolute atomic E-state index is 0.295. The Morgan fingerprint density at radius 1 is 1.00 bits per heavy atom. The van der Waals surface area contributed by atoms with Crippen LogP contribution in [0.15, 0.2) is 36.7 Å². The van der Waals surface area contributed by atoms with Gasteiger partial charge in [0.2, 0.25) is 17.8 Å². The molecule has 0 amide bonds. The van der Waals surface area contributed by atoms with Crippen molar-refractivity contribution in [2.45, 2.75) is 19.3 Å². The Labute approximate surface area is 198 Å². The number of hydrogen-bond donors (Lipinski definition) is 2. The highest BCUT2D eigenvalue weighted by Crippen LogP contribution is 2.38. The van der Waals surface area contributed by atoms with Crippen LogP contribution in [0.25, 0.3) is 0 Å². The van der Waals surface area contributed by atoms with Gasteiger partial charge in [0, 0.05) is 18.4 Å². The Morgan fingerprint density at radius 3 is 2.48 bits per heavy atom. The predicted molar refractivity (Wildman–Crippen MR) is 134 cm³/mol. The molecule has 0 radical (unpaired) electrons. The highest BCUT2D eigenvalue weighted by molar-refractivity contribution is 7.70. The number of para-hydroxylation sites is 1. The fourth-order valence-corrected chi connectivity index (χ4v) is 4.95. The molecular formula is C22H27ClN7O2P. The van der Waals surface area contributed by atoms with Crippen molar-refractivity contribution in [3.05, 3.63) is 41.7 Å². The molecule has 1 aliphatic heterocycles. The molecule has 3 aromatic rings. The maximum absolute atomic E-state index is 12.7. The molecule has 33 heavy (non-hydrogen) atoms. The number of rotatable bonds is 7. The lowest BCUT2D eigenvalue weighted by Gasteiger charge is -2.26. The second-order valence-corrected chi connectivity index (χ2v) is 11.7. The molecule has 1 fully saturated rings. The van der Waals surface area contributed by atoms with Crippen LogP contribution in [0.3, 0.4) is 0 Å². The van der Waals surface area contributed by atoms with Gasteiger partial charge in [0.25, 0.3) is 0 Å². The Morgan fingerprint density at radius 2 is 1.76 bits per heavy atom. The highest BCUT2D eigenvalue weighted by atomic mass is 35.5. The predicted octanol–water partition coefficient (Wildman–Crippen LogP) is 4.65. The third-order valence-electron chi connectivity index (χ3n) is 5.30. The van der Waals surface area contributed by atoms with Crippen molar-refractivity contribution in [3.63, 3.8) is 0 Å². The first kappa shape index (κ1) is 23.3. The Hall–Kier alpha value is -2.90. The lowest BCUT2D eigenvalue weighted by molar-refractivity contribution is 0.398. The number of nitrogens with zero attached hydrogens (tertiary/aromatic N) is 5. The lowest BCUT2D eigenvalue weighted by Crippen LogP contribution is -2.31. The van der Waals surface area contributed by atoms with E-state index < -0.39 is 7.14 Å². The number of ether oxygens (including phenoxy) is 1. The summed E-state index contributed by atoms with van der Waals surface area (Å²) >= 11 is 6.34. The van der Waals surface area contributed by atoms with Gasteiger partial charge in [-0.2, -0.15) is 9.97 Å². The number of hydrogen-bond acceptors (Lipinski definition) is 9. The summed E-state index contributed by atoms with van der Waals surface area (Å²) in [6.45, 7) is 5.33. The van der Waals surface area contributed by atoms with Gasteiger partial charge < -0.3 is 24.8 Å². The lowest BCUT2D eigenvalue weighted by atomic mass is 10.1. The molecule has 3 heterocycles. The summed E-state index contributed by atoms with van der Waals surface area (Å²) < 4.78 is 18.2. The van der Waals surface area contributed by atoms with Crippen molar-refractivity contribution in [1.82, 2.24) is 19.9 Å². The molecule has 0 saturated carbocycles. The van der Waals surface area contributed by atoms with E-state index in [0.717, 1.165) is 31.2 Å². The first-order valence-corrected chi connectivity index (χ1v) is 13.7. The number of halogens is 1. The third kappa shape index (κ3) is 5.54. The van der Waals surface area contributed by atoms with Crippen molar-refractivity contribution < 1.29 is 9.30 Å². The van der Waals surface area contributed by atoms with E-state index in [9.17, 15) is 4.57 Å². The van der Waals surface area contributed by atoms with Crippen LogP contribution in [0.1, 0.15) is 19.3 Å². The molecule has 0 atom stereocenters. The zero-order chi connectivity index (χ0) is 23.4. The van der Waals surface area contributed by atoms with Crippen LogP contribution in [-0.4, -0.2) is 53.5 Å².